The van der Waals surface area contributed by atoms with Crippen molar-refractivity contribution in [3.8, 4) is 22.9 Å². The number of amides is 1. The van der Waals surface area contributed by atoms with E-state index in [9.17, 15) is 4.79 Å². The lowest BCUT2D eigenvalue weighted by Crippen LogP contribution is -2.25. The van der Waals surface area contributed by atoms with Crippen LogP contribution >= 0.6 is 0 Å². The molecule has 3 aromatic carbocycles. The topological polar surface area (TPSA) is 80.0 Å². The zero-order valence-corrected chi connectivity index (χ0v) is 17.3. The molecule has 4 rings (SSSR count). The fraction of sp³-hybridized carbons (Fsp3) is 0.160. The number of anilines is 1. The molecule has 0 spiro atoms. The van der Waals surface area contributed by atoms with E-state index < -0.39 is 0 Å². The summed E-state index contributed by atoms with van der Waals surface area (Å²) in [6.45, 7) is 3.40. The lowest BCUT2D eigenvalue weighted by Gasteiger charge is -2.08. The van der Waals surface area contributed by atoms with Crippen LogP contribution in [0.3, 0.4) is 0 Å². The Labute approximate surface area is 181 Å². The van der Waals surface area contributed by atoms with Crippen molar-refractivity contribution in [2.75, 3.05) is 18.4 Å². The van der Waals surface area contributed by atoms with Gasteiger partial charge in [-0.15, -0.1) is 10.2 Å². The van der Waals surface area contributed by atoms with E-state index in [0.717, 1.165) is 35.3 Å². The van der Waals surface area contributed by atoms with Gasteiger partial charge in [-0.3, -0.25) is 4.79 Å². The number of rotatable bonds is 8. The molecular formula is C25H24N4O2. The fourth-order valence-electron chi connectivity index (χ4n) is 3.21. The highest BCUT2D eigenvalue weighted by Gasteiger charge is 2.13. The molecule has 0 saturated heterocycles. The predicted octanol–water partition coefficient (Wildman–Crippen LogP) is 4.94. The van der Waals surface area contributed by atoms with E-state index in [1.54, 1.807) is 12.1 Å². The van der Waals surface area contributed by atoms with Crippen molar-refractivity contribution < 1.29 is 9.21 Å². The molecule has 156 valence electrons. The lowest BCUT2D eigenvalue weighted by molar-refractivity contribution is 0.0953. The number of nitrogens with one attached hydrogen (secondary N) is 2. The van der Waals surface area contributed by atoms with Crippen molar-refractivity contribution in [3.63, 3.8) is 0 Å². The number of nitrogens with zero attached hydrogens (tertiary/aromatic N) is 2. The molecule has 6 heteroatoms. The maximum atomic E-state index is 12.4. The molecule has 0 aliphatic heterocycles. The van der Waals surface area contributed by atoms with Gasteiger partial charge in [0.1, 0.15) is 0 Å². The van der Waals surface area contributed by atoms with Crippen molar-refractivity contribution in [2.45, 2.75) is 13.3 Å². The molecule has 0 saturated carbocycles. The lowest BCUT2D eigenvalue weighted by atomic mass is 10.1. The van der Waals surface area contributed by atoms with Crippen molar-refractivity contribution in [1.29, 1.82) is 0 Å². The number of para-hydroxylation sites is 1. The van der Waals surface area contributed by atoms with E-state index >= 15 is 0 Å². The largest absolute Gasteiger partial charge is 0.416 e. The quantitative estimate of drug-likeness (QED) is 0.401. The van der Waals surface area contributed by atoms with Crippen LogP contribution in [0.4, 0.5) is 5.69 Å². The molecule has 0 unspecified atom stereocenters. The maximum absolute atomic E-state index is 12.4. The van der Waals surface area contributed by atoms with Crippen LogP contribution in [0.1, 0.15) is 22.3 Å². The first-order chi connectivity index (χ1) is 15.2. The number of carbonyl (C=O) groups is 1. The van der Waals surface area contributed by atoms with Crippen LogP contribution in [-0.4, -0.2) is 29.2 Å². The van der Waals surface area contributed by atoms with E-state index in [1.807, 2.05) is 73.7 Å². The second kappa shape index (κ2) is 9.71. The van der Waals surface area contributed by atoms with E-state index in [2.05, 4.69) is 20.8 Å². The first-order valence-electron chi connectivity index (χ1n) is 10.3. The van der Waals surface area contributed by atoms with E-state index in [0.29, 0.717) is 23.9 Å². The minimum atomic E-state index is -0.0996. The van der Waals surface area contributed by atoms with Crippen molar-refractivity contribution >= 4 is 11.6 Å². The highest BCUT2D eigenvalue weighted by molar-refractivity contribution is 5.94. The standard InChI is InChI=1S/C25H24N4O2/c1-18-8-5-6-11-22(18)25-29-28-24(31-25)20-14-12-19(13-15-20)23(30)27-17-7-16-26-21-9-3-2-4-10-21/h2-6,8-15,26H,7,16-17H2,1H3,(H,27,30). The van der Waals surface area contributed by atoms with Crippen molar-refractivity contribution in [2.24, 2.45) is 0 Å². The molecule has 6 nitrogen and oxygen atoms in total. The average molecular weight is 412 g/mol. The predicted molar refractivity (Wildman–Crippen MR) is 122 cm³/mol. The second-order valence-electron chi connectivity index (χ2n) is 7.21. The summed E-state index contributed by atoms with van der Waals surface area (Å²) in [6, 6.07) is 25.1. The molecule has 0 fully saturated rings. The smallest absolute Gasteiger partial charge is 0.251 e. The van der Waals surface area contributed by atoms with Gasteiger partial charge in [-0.2, -0.15) is 0 Å². The number of hydrogen-bond acceptors (Lipinski definition) is 5. The molecule has 0 aliphatic carbocycles. The Hall–Kier alpha value is -3.93. The Bertz CT molecular complexity index is 1140. The van der Waals surface area contributed by atoms with E-state index in [1.165, 1.54) is 0 Å². The van der Waals surface area contributed by atoms with Crippen LogP contribution in [0.5, 0.6) is 0 Å². The van der Waals surface area contributed by atoms with Crippen LogP contribution in [0.25, 0.3) is 22.9 Å². The van der Waals surface area contributed by atoms with Crippen LogP contribution in [-0.2, 0) is 0 Å². The molecule has 1 heterocycles. The number of aromatic nitrogens is 2. The van der Waals surface area contributed by atoms with Gasteiger partial charge in [-0.25, -0.2) is 0 Å². The summed E-state index contributed by atoms with van der Waals surface area (Å²) >= 11 is 0. The van der Waals surface area contributed by atoms with Gasteiger partial charge >= 0.3 is 0 Å². The van der Waals surface area contributed by atoms with Crippen LogP contribution < -0.4 is 10.6 Å². The Morgan fingerprint density at radius 3 is 2.32 bits per heavy atom. The molecule has 31 heavy (non-hydrogen) atoms. The van der Waals surface area contributed by atoms with Crippen LogP contribution in [0, 0.1) is 6.92 Å². The molecule has 0 radical (unpaired) electrons. The van der Waals surface area contributed by atoms with Gasteiger partial charge in [-0.1, -0.05) is 36.4 Å². The van der Waals surface area contributed by atoms with Gasteiger partial charge in [-0.05, 0) is 61.4 Å². The summed E-state index contributed by atoms with van der Waals surface area (Å²) < 4.78 is 5.84. The molecule has 1 amide bonds. The zero-order chi connectivity index (χ0) is 21.5. The first kappa shape index (κ1) is 20.3. The Morgan fingerprint density at radius 1 is 0.839 bits per heavy atom. The number of hydrogen-bond donors (Lipinski definition) is 2. The zero-order valence-electron chi connectivity index (χ0n) is 17.3. The Balaban J connectivity index is 1.30. The molecule has 4 aromatic rings. The van der Waals surface area contributed by atoms with Gasteiger partial charge in [0.15, 0.2) is 0 Å². The third-order valence-electron chi connectivity index (χ3n) is 4.94. The summed E-state index contributed by atoms with van der Waals surface area (Å²) in [5, 5.41) is 14.6. The average Bonchev–Trinajstić information content (AvgIpc) is 3.30. The van der Waals surface area contributed by atoms with Gasteiger partial charge in [0.2, 0.25) is 11.8 Å². The SMILES string of the molecule is Cc1ccccc1-c1nnc(-c2ccc(C(=O)NCCCNc3ccccc3)cc2)o1. The maximum Gasteiger partial charge on any atom is 0.251 e. The molecule has 0 bridgehead atoms. The molecule has 0 aliphatic rings. The highest BCUT2D eigenvalue weighted by atomic mass is 16.4. The van der Waals surface area contributed by atoms with Crippen molar-refractivity contribution in [1.82, 2.24) is 15.5 Å². The highest BCUT2D eigenvalue weighted by Crippen LogP contribution is 2.26. The summed E-state index contributed by atoms with van der Waals surface area (Å²) in [5.41, 5.74) is 4.44. The second-order valence-corrected chi connectivity index (χ2v) is 7.21. The van der Waals surface area contributed by atoms with Gasteiger partial charge in [0, 0.05) is 35.5 Å². The van der Waals surface area contributed by atoms with Crippen LogP contribution in [0.2, 0.25) is 0 Å². The van der Waals surface area contributed by atoms with Crippen LogP contribution in [0.15, 0.2) is 83.3 Å². The minimum absolute atomic E-state index is 0.0996. The molecule has 1 aromatic heterocycles. The Morgan fingerprint density at radius 2 is 1.55 bits per heavy atom. The normalized spacial score (nSPS) is 10.6. The minimum Gasteiger partial charge on any atom is -0.416 e. The first-order valence-corrected chi connectivity index (χ1v) is 10.3. The van der Waals surface area contributed by atoms with Gasteiger partial charge in [0.05, 0.1) is 0 Å². The fourth-order valence-corrected chi connectivity index (χ4v) is 3.21. The van der Waals surface area contributed by atoms with Gasteiger partial charge in [0.25, 0.3) is 5.91 Å². The van der Waals surface area contributed by atoms with Crippen molar-refractivity contribution in [3.05, 3.63) is 90.0 Å². The summed E-state index contributed by atoms with van der Waals surface area (Å²) in [5.74, 6) is 0.814. The summed E-state index contributed by atoms with van der Waals surface area (Å²) in [6.07, 6.45) is 0.836. The summed E-state index contributed by atoms with van der Waals surface area (Å²) in [4.78, 5) is 12.4. The molecular weight excluding hydrogens is 388 g/mol. The van der Waals surface area contributed by atoms with Gasteiger partial charge < -0.3 is 15.1 Å². The third-order valence-corrected chi connectivity index (χ3v) is 4.94. The summed E-state index contributed by atoms with van der Waals surface area (Å²) in [7, 11) is 0. The van der Waals surface area contributed by atoms with E-state index in [4.69, 9.17) is 4.42 Å². The molecule has 0 atom stereocenters. The number of carbonyl (C=O) groups excluding carboxylic acids is 1. The third kappa shape index (κ3) is 5.17. The van der Waals surface area contributed by atoms with E-state index in [-0.39, 0.29) is 5.91 Å². The monoisotopic (exact) mass is 412 g/mol. The molecule has 2 N–H and O–H groups in total. The Kier molecular flexibility index (Phi) is 6.38. The number of aryl methyl sites for hydroxylation is 1. The number of benzene rings is 3.